The highest BCUT2D eigenvalue weighted by atomic mass is 35.5. The lowest BCUT2D eigenvalue weighted by Gasteiger charge is -2.10. The van der Waals surface area contributed by atoms with Crippen LogP contribution >= 0.6 is 11.6 Å². The molecule has 2 nitrogen and oxygen atoms in total. The maximum Gasteiger partial charge on any atom is 0.336 e. The molecule has 0 amide bonds. The molecule has 0 aromatic heterocycles. The molecule has 2 rings (SSSR count). The smallest absolute Gasteiger partial charge is 0.336 e. The summed E-state index contributed by atoms with van der Waals surface area (Å²) in [4.78, 5) is 11.3. The van der Waals surface area contributed by atoms with Gasteiger partial charge in [-0.2, -0.15) is 0 Å². The van der Waals surface area contributed by atoms with Crippen LogP contribution in [-0.2, 0) is 6.42 Å². The van der Waals surface area contributed by atoms with Gasteiger partial charge in [-0.1, -0.05) is 49.7 Å². The first kappa shape index (κ1) is 14.6. The van der Waals surface area contributed by atoms with Crippen molar-refractivity contribution in [2.45, 2.75) is 20.3 Å². The summed E-state index contributed by atoms with van der Waals surface area (Å²) in [6.45, 7) is 4.32. The summed E-state index contributed by atoms with van der Waals surface area (Å²) >= 11 is 6.00. The molecule has 0 atom stereocenters. The maximum atomic E-state index is 11.3. The van der Waals surface area contributed by atoms with Gasteiger partial charge in [0.15, 0.2) is 0 Å². The van der Waals surface area contributed by atoms with Crippen molar-refractivity contribution < 1.29 is 9.90 Å². The van der Waals surface area contributed by atoms with E-state index in [1.165, 1.54) is 5.56 Å². The van der Waals surface area contributed by atoms with Crippen molar-refractivity contribution in [2.75, 3.05) is 0 Å². The zero-order valence-corrected chi connectivity index (χ0v) is 12.3. The predicted octanol–water partition coefficient (Wildman–Crippen LogP) is 4.90. The topological polar surface area (TPSA) is 37.3 Å². The highest BCUT2D eigenvalue weighted by Gasteiger charge is 2.12. The number of aromatic carboxylic acids is 1. The first-order chi connectivity index (χ1) is 9.47. The summed E-state index contributed by atoms with van der Waals surface area (Å²) in [5.41, 5.74) is 3.03. The molecular weight excluding hydrogens is 272 g/mol. The van der Waals surface area contributed by atoms with Crippen molar-refractivity contribution in [1.29, 1.82) is 0 Å². The summed E-state index contributed by atoms with van der Waals surface area (Å²) < 4.78 is 0. The molecule has 0 aliphatic rings. The van der Waals surface area contributed by atoms with Crippen LogP contribution in [0, 0.1) is 5.92 Å². The molecule has 0 saturated heterocycles. The van der Waals surface area contributed by atoms with E-state index in [0.29, 0.717) is 16.5 Å². The van der Waals surface area contributed by atoms with E-state index in [0.717, 1.165) is 12.0 Å². The van der Waals surface area contributed by atoms with E-state index in [2.05, 4.69) is 19.9 Å². The third-order valence-electron chi connectivity index (χ3n) is 3.09. The first-order valence-corrected chi connectivity index (χ1v) is 6.97. The molecular formula is C17H17ClO2. The lowest BCUT2D eigenvalue weighted by Crippen LogP contribution is -2.00. The number of carboxylic acids is 1. The fourth-order valence-corrected chi connectivity index (χ4v) is 2.45. The lowest BCUT2D eigenvalue weighted by molar-refractivity contribution is 0.0697. The zero-order valence-electron chi connectivity index (χ0n) is 11.6. The van der Waals surface area contributed by atoms with Gasteiger partial charge in [0.1, 0.15) is 0 Å². The van der Waals surface area contributed by atoms with Crippen LogP contribution in [0.1, 0.15) is 29.8 Å². The van der Waals surface area contributed by atoms with Gasteiger partial charge in [0.2, 0.25) is 0 Å². The van der Waals surface area contributed by atoms with Gasteiger partial charge in [-0.05, 0) is 47.2 Å². The van der Waals surface area contributed by atoms with Crippen molar-refractivity contribution in [2.24, 2.45) is 5.92 Å². The molecule has 0 spiro atoms. The monoisotopic (exact) mass is 288 g/mol. The van der Waals surface area contributed by atoms with Crippen LogP contribution in [-0.4, -0.2) is 11.1 Å². The first-order valence-electron chi connectivity index (χ1n) is 6.59. The Morgan fingerprint density at radius 1 is 1.20 bits per heavy atom. The molecule has 1 N–H and O–H groups in total. The highest BCUT2D eigenvalue weighted by Crippen LogP contribution is 2.28. The van der Waals surface area contributed by atoms with E-state index >= 15 is 0 Å². The molecule has 20 heavy (non-hydrogen) atoms. The third kappa shape index (κ3) is 3.40. The van der Waals surface area contributed by atoms with Crippen LogP contribution in [0.5, 0.6) is 0 Å². The SMILES string of the molecule is CC(C)Cc1cccc(-c2cc(Cl)ccc2C(=O)O)c1. The predicted molar refractivity (Wildman–Crippen MR) is 82.4 cm³/mol. The number of carbonyl (C=O) groups is 1. The number of hydrogen-bond acceptors (Lipinski definition) is 1. The second kappa shape index (κ2) is 6.10. The van der Waals surface area contributed by atoms with Gasteiger partial charge in [-0.15, -0.1) is 0 Å². The summed E-state index contributed by atoms with van der Waals surface area (Å²) in [6.07, 6.45) is 0.969. The van der Waals surface area contributed by atoms with E-state index in [1.54, 1.807) is 18.2 Å². The number of carboxylic acid groups (broad SMARTS) is 1. The van der Waals surface area contributed by atoms with Gasteiger partial charge in [0, 0.05) is 5.02 Å². The van der Waals surface area contributed by atoms with Crippen LogP contribution in [0.3, 0.4) is 0 Å². The average molecular weight is 289 g/mol. The number of halogens is 1. The second-order valence-electron chi connectivity index (χ2n) is 5.29. The van der Waals surface area contributed by atoms with Gasteiger partial charge in [0.05, 0.1) is 5.56 Å². The molecule has 2 aromatic carbocycles. The molecule has 0 aliphatic carbocycles. The van der Waals surface area contributed by atoms with Crippen molar-refractivity contribution in [1.82, 2.24) is 0 Å². The standard InChI is InChI=1S/C17H17ClO2/c1-11(2)8-12-4-3-5-13(9-12)16-10-14(18)6-7-15(16)17(19)20/h3-7,9-11H,8H2,1-2H3,(H,19,20). The van der Waals surface area contributed by atoms with Crippen LogP contribution in [0.2, 0.25) is 5.02 Å². The average Bonchev–Trinajstić information content (AvgIpc) is 2.37. The Morgan fingerprint density at radius 2 is 1.95 bits per heavy atom. The molecule has 0 unspecified atom stereocenters. The van der Waals surface area contributed by atoms with Crippen molar-refractivity contribution in [3.05, 3.63) is 58.6 Å². The van der Waals surface area contributed by atoms with Crippen molar-refractivity contribution in [3.8, 4) is 11.1 Å². The molecule has 0 aliphatic heterocycles. The fourth-order valence-electron chi connectivity index (χ4n) is 2.28. The number of benzene rings is 2. The molecule has 0 radical (unpaired) electrons. The molecule has 0 bridgehead atoms. The summed E-state index contributed by atoms with van der Waals surface area (Å²) in [6, 6.07) is 12.8. The van der Waals surface area contributed by atoms with Gasteiger partial charge in [-0.25, -0.2) is 4.79 Å². The number of rotatable bonds is 4. The van der Waals surface area contributed by atoms with E-state index in [9.17, 15) is 9.90 Å². The van der Waals surface area contributed by atoms with Crippen LogP contribution in [0.15, 0.2) is 42.5 Å². The Bertz CT molecular complexity index is 633. The lowest BCUT2D eigenvalue weighted by atomic mass is 9.95. The highest BCUT2D eigenvalue weighted by molar-refractivity contribution is 6.31. The minimum absolute atomic E-state index is 0.274. The Morgan fingerprint density at radius 3 is 2.60 bits per heavy atom. The van der Waals surface area contributed by atoms with Gasteiger partial charge >= 0.3 is 5.97 Å². The van der Waals surface area contributed by atoms with Gasteiger partial charge in [0.25, 0.3) is 0 Å². The normalized spacial score (nSPS) is 10.8. The fraction of sp³-hybridized carbons (Fsp3) is 0.235. The quantitative estimate of drug-likeness (QED) is 0.868. The Balaban J connectivity index is 2.50. The third-order valence-corrected chi connectivity index (χ3v) is 3.33. The van der Waals surface area contributed by atoms with E-state index in [1.807, 2.05) is 18.2 Å². The minimum atomic E-state index is -0.939. The van der Waals surface area contributed by atoms with E-state index in [-0.39, 0.29) is 5.56 Å². The molecule has 0 heterocycles. The second-order valence-corrected chi connectivity index (χ2v) is 5.73. The minimum Gasteiger partial charge on any atom is -0.478 e. The van der Waals surface area contributed by atoms with Crippen molar-refractivity contribution in [3.63, 3.8) is 0 Å². The van der Waals surface area contributed by atoms with Crippen LogP contribution in [0.25, 0.3) is 11.1 Å². The number of hydrogen-bond donors (Lipinski definition) is 1. The molecule has 0 fully saturated rings. The van der Waals surface area contributed by atoms with E-state index < -0.39 is 5.97 Å². The summed E-state index contributed by atoms with van der Waals surface area (Å²) in [5.74, 6) is -0.380. The molecule has 104 valence electrons. The molecule has 3 heteroatoms. The summed E-state index contributed by atoms with van der Waals surface area (Å²) in [5, 5.41) is 9.83. The molecule has 2 aromatic rings. The summed E-state index contributed by atoms with van der Waals surface area (Å²) in [7, 11) is 0. The Kier molecular flexibility index (Phi) is 4.46. The molecule has 0 saturated carbocycles. The van der Waals surface area contributed by atoms with Gasteiger partial charge < -0.3 is 5.11 Å². The van der Waals surface area contributed by atoms with Crippen LogP contribution in [0.4, 0.5) is 0 Å². The Hall–Kier alpha value is -1.80. The van der Waals surface area contributed by atoms with Crippen LogP contribution < -0.4 is 0 Å². The zero-order chi connectivity index (χ0) is 14.7. The largest absolute Gasteiger partial charge is 0.478 e. The Labute approximate surface area is 124 Å². The van der Waals surface area contributed by atoms with E-state index in [4.69, 9.17) is 11.6 Å². The van der Waals surface area contributed by atoms with Gasteiger partial charge in [-0.3, -0.25) is 0 Å². The van der Waals surface area contributed by atoms with Crippen molar-refractivity contribution >= 4 is 17.6 Å². The maximum absolute atomic E-state index is 11.3.